The largest absolute Gasteiger partial charge is 0.496 e. The molecule has 0 radical (unpaired) electrons. The molecule has 2 aromatic rings. The van der Waals surface area contributed by atoms with Crippen molar-refractivity contribution in [2.75, 3.05) is 12.4 Å². The van der Waals surface area contributed by atoms with Crippen LogP contribution in [0.2, 0.25) is 0 Å². The van der Waals surface area contributed by atoms with Gasteiger partial charge in [0, 0.05) is 17.8 Å². The molecule has 4 heteroatoms. The standard InChI is InChI=1S/C16H17F2NO/c1-10-4-7-15(11(2)16(10)20-3)19-9-12-5-6-13(17)14(18)8-12/h4-8,19H,9H2,1-3H3. The van der Waals surface area contributed by atoms with Gasteiger partial charge in [-0.1, -0.05) is 12.1 Å². The molecular formula is C16H17F2NO. The molecule has 20 heavy (non-hydrogen) atoms. The van der Waals surface area contributed by atoms with Gasteiger partial charge in [0.1, 0.15) is 5.75 Å². The van der Waals surface area contributed by atoms with E-state index in [9.17, 15) is 8.78 Å². The summed E-state index contributed by atoms with van der Waals surface area (Å²) in [5.74, 6) is -0.829. The molecule has 0 unspecified atom stereocenters. The van der Waals surface area contributed by atoms with E-state index >= 15 is 0 Å². The van der Waals surface area contributed by atoms with Gasteiger partial charge in [-0.25, -0.2) is 8.78 Å². The molecule has 0 aliphatic rings. The SMILES string of the molecule is COc1c(C)ccc(NCc2ccc(F)c(F)c2)c1C. The lowest BCUT2D eigenvalue weighted by Gasteiger charge is -2.15. The number of nitrogens with one attached hydrogen (secondary N) is 1. The van der Waals surface area contributed by atoms with E-state index in [4.69, 9.17) is 4.74 Å². The second kappa shape index (κ2) is 5.90. The first-order valence-electron chi connectivity index (χ1n) is 6.35. The zero-order valence-corrected chi connectivity index (χ0v) is 11.8. The quantitative estimate of drug-likeness (QED) is 0.904. The number of benzene rings is 2. The van der Waals surface area contributed by atoms with Gasteiger partial charge in [0.05, 0.1) is 7.11 Å². The van der Waals surface area contributed by atoms with Crippen molar-refractivity contribution in [2.24, 2.45) is 0 Å². The highest BCUT2D eigenvalue weighted by molar-refractivity contribution is 5.59. The lowest BCUT2D eigenvalue weighted by molar-refractivity contribution is 0.409. The van der Waals surface area contributed by atoms with E-state index in [-0.39, 0.29) is 0 Å². The molecule has 0 aliphatic carbocycles. The minimum atomic E-state index is -0.832. The van der Waals surface area contributed by atoms with E-state index in [0.717, 1.165) is 28.6 Å². The van der Waals surface area contributed by atoms with E-state index in [1.165, 1.54) is 6.07 Å². The molecule has 1 N–H and O–H groups in total. The molecule has 0 aliphatic heterocycles. The van der Waals surface area contributed by atoms with Crippen LogP contribution in [0, 0.1) is 25.5 Å². The molecule has 0 fully saturated rings. The van der Waals surface area contributed by atoms with Crippen molar-refractivity contribution in [3.8, 4) is 5.75 Å². The molecule has 0 saturated heterocycles. The summed E-state index contributed by atoms with van der Waals surface area (Å²) < 4.78 is 31.3. The van der Waals surface area contributed by atoms with Crippen LogP contribution in [0.3, 0.4) is 0 Å². The summed E-state index contributed by atoms with van der Waals surface area (Å²) in [5, 5.41) is 3.21. The smallest absolute Gasteiger partial charge is 0.159 e. The van der Waals surface area contributed by atoms with Crippen LogP contribution in [-0.4, -0.2) is 7.11 Å². The van der Waals surface area contributed by atoms with Crippen molar-refractivity contribution < 1.29 is 13.5 Å². The Morgan fingerprint density at radius 1 is 1.05 bits per heavy atom. The Balaban J connectivity index is 2.16. The van der Waals surface area contributed by atoms with Gasteiger partial charge in [-0.2, -0.15) is 0 Å². The summed E-state index contributed by atoms with van der Waals surface area (Å²) in [6.07, 6.45) is 0. The fourth-order valence-electron chi connectivity index (χ4n) is 2.18. The van der Waals surface area contributed by atoms with Crippen LogP contribution in [0.15, 0.2) is 30.3 Å². The summed E-state index contributed by atoms with van der Waals surface area (Å²) >= 11 is 0. The van der Waals surface area contributed by atoms with Crippen LogP contribution in [-0.2, 0) is 6.54 Å². The average molecular weight is 277 g/mol. The van der Waals surface area contributed by atoms with E-state index in [1.807, 2.05) is 26.0 Å². The minimum Gasteiger partial charge on any atom is -0.496 e. The van der Waals surface area contributed by atoms with Crippen molar-refractivity contribution in [1.82, 2.24) is 0 Å². The molecule has 0 amide bonds. The summed E-state index contributed by atoms with van der Waals surface area (Å²) in [6, 6.07) is 7.80. The highest BCUT2D eigenvalue weighted by Gasteiger charge is 2.08. The molecule has 0 bridgehead atoms. The Labute approximate surface area is 117 Å². The van der Waals surface area contributed by atoms with Crippen molar-refractivity contribution in [3.05, 3.63) is 58.7 Å². The van der Waals surface area contributed by atoms with Gasteiger partial charge in [0.2, 0.25) is 0 Å². The highest BCUT2D eigenvalue weighted by Crippen LogP contribution is 2.29. The van der Waals surface area contributed by atoms with Gasteiger partial charge in [-0.05, 0) is 43.2 Å². The van der Waals surface area contributed by atoms with E-state index in [1.54, 1.807) is 13.2 Å². The van der Waals surface area contributed by atoms with Crippen LogP contribution < -0.4 is 10.1 Å². The zero-order valence-electron chi connectivity index (χ0n) is 11.8. The van der Waals surface area contributed by atoms with Gasteiger partial charge in [0.15, 0.2) is 11.6 Å². The third-order valence-corrected chi connectivity index (χ3v) is 3.27. The number of methoxy groups -OCH3 is 1. The maximum atomic E-state index is 13.1. The predicted octanol–water partition coefficient (Wildman–Crippen LogP) is 4.20. The van der Waals surface area contributed by atoms with Gasteiger partial charge < -0.3 is 10.1 Å². The van der Waals surface area contributed by atoms with E-state index in [0.29, 0.717) is 12.1 Å². The number of ether oxygens (including phenoxy) is 1. The first-order chi connectivity index (χ1) is 9.52. The van der Waals surface area contributed by atoms with Gasteiger partial charge >= 0.3 is 0 Å². The maximum absolute atomic E-state index is 13.1. The van der Waals surface area contributed by atoms with Gasteiger partial charge in [-0.15, -0.1) is 0 Å². The molecule has 106 valence electrons. The second-order valence-corrected chi connectivity index (χ2v) is 4.69. The highest BCUT2D eigenvalue weighted by atomic mass is 19.2. The van der Waals surface area contributed by atoms with Crippen LogP contribution >= 0.6 is 0 Å². The Hall–Kier alpha value is -2.10. The Bertz CT molecular complexity index is 626. The molecule has 0 aromatic heterocycles. The summed E-state index contributed by atoms with van der Waals surface area (Å²) in [5.41, 5.74) is 3.65. The topological polar surface area (TPSA) is 21.3 Å². The van der Waals surface area contributed by atoms with E-state index in [2.05, 4.69) is 5.32 Å². The first-order valence-corrected chi connectivity index (χ1v) is 6.35. The number of halogens is 2. The first kappa shape index (κ1) is 14.3. The number of anilines is 1. The minimum absolute atomic E-state index is 0.421. The Morgan fingerprint density at radius 3 is 2.45 bits per heavy atom. The van der Waals surface area contributed by atoms with Crippen LogP contribution in [0.5, 0.6) is 5.75 Å². The normalized spacial score (nSPS) is 10.4. The molecule has 0 spiro atoms. The van der Waals surface area contributed by atoms with E-state index < -0.39 is 11.6 Å². The van der Waals surface area contributed by atoms with Crippen molar-refractivity contribution in [3.63, 3.8) is 0 Å². The zero-order chi connectivity index (χ0) is 14.7. The molecule has 2 aromatic carbocycles. The van der Waals surface area contributed by atoms with Crippen LogP contribution in [0.4, 0.5) is 14.5 Å². The number of hydrogen-bond donors (Lipinski definition) is 1. The molecule has 2 nitrogen and oxygen atoms in total. The molecule has 0 heterocycles. The molecule has 0 saturated carbocycles. The third kappa shape index (κ3) is 2.90. The van der Waals surface area contributed by atoms with Crippen LogP contribution in [0.25, 0.3) is 0 Å². The molecule has 2 rings (SSSR count). The monoisotopic (exact) mass is 277 g/mol. The van der Waals surface area contributed by atoms with Crippen molar-refractivity contribution in [2.45, 2.75) is 20.4 Å². The Kier molecular flexibility index (Phi) is 4.23. The number of aryl methyl sites for hydroxylation is 1. The Morgan fingerprint density at radius 2 is 1.80 bits per heavy atom. The average Bonchev–Trinajstić information content (AvgIpc) is 2.42. The lowest BCUT2D eigenvalue weighted by atomic mass is 10.1. The fourth-order valence-corrected chi connectivity index (χ4v) is 2.18. The van der Waals surface area contributed by atoms with Crippen molar-refractivity contribution in [1.29, 1.82) is 0 Å². The summed E-state index contributed by atoms with van der Waals surface area (Å²) in [6.45, 7) is 4.36. The molecular weight excluding hydrogens is 260 g/mol. The number of hydrogen-bond acceptors (Lipinski definition) is 2. The van der Waals surface area contributed by atoms with Gasteiger partial charge in [0.25, 0.3) is 0 Å². The van der Waals surface area contributed by atoms with Crippen molar-refractivity contribution >= 4 is 5.69 Å². The second-order valence-electron chi connectivity index (χ2n) is 4.69. The summed E-state index contributed by atoms with van der Waals surface area (Å²) in [7, 11) is 1.63. The molecule has 0 atom stereocenters. The van der Waals surface area contributed by atoms with Crippen LogP contribution in [0.1, 0.15) is 16.7 Å². The number of rotatable bonds is 4. The summed E-state index contributed by atoms with van der Waals surface area (Å²) in [4.78, 5) is 0. The fraction of sp³-hybridized carbons (Fsp3) is 0.250. The predicted molar refractivity (Wildman–Crippen MR) is 76.2 cm³/mol. The third-order valence-electron chi connectivity index (χ3n) is 3.27. The lowest BCUT2D eigenvalue weighted by Crippen LogP contribution is -2.03. The maximum Gasteiger partial charge on any atom is 0.159 e. The van der Waals surface area contributed by atoms with Gasteiger partial charge in [-0.3, -0.25) is 0 Å².